The average molecular weight is 498 g/mol. The summed E-state index contributed by atoms with van der Waals surface area (Å²) < 4.78 is 35.9. The highest BCUT2D eigenvalue weighted by molar-refractivity contribution is 7.98. The molecule has 4 aliphatic heterocycles. The number of nitrogens with zero attached hydrogens (tertiary/aromatic N) is 3. The molecule has 2 aromatic carbocycles. The van der Waals surface area contributed by atoms with Gasteiger partial charge in [-0.3, -0.25) is 9.80 Å². The molecule has 7 nitrogen and oxygen atoms in total. The Morgan fingerprint density at radius 1 is 1.17 bits per heavy atom. The second-order valence-electron chi connectivity index (χ2n) is 8.55. The number of aliphatic hydroxyl groups is 2. The molecule has 2 aromatic rings. The third kappa shape index (κ3) is 3.43. The summed E-state index contributed by atoms with van der Waals surface area (Å²) >= 11 is 1.40. The van der Waals surface area contributed by atoms with E-state index >= 15 is 4.39 Å². The van der Waals surface area contributed by atoms with Crippen molar-refractivity contribution in [1.29, 1.82) is 0 Å². The van der Waals surface area contributed by atoms with Crippen LogP contribution in [0.3, 0.4) is 0 Å². The second-order valence-corrected chi connectivity index (χ2v) is 9.56. The van der Waals surface area contributed by atoms with E-state index in [1.165, 1.54) is 33.9 Å². The van der Waals surface area contributed by atoms with Gasteiger partial charge in [0.1, 0.15) is 18.5 Å². The number of hydrogen-bond acceptors (Lipinski definition) is 7. The molecule has 1 amide bonds. The summed E-state index contributed by atoms with van der Waals surface area (Å²) in [5.41, 5.74) is 1.39. The van der Waals surface area contributed by atoms with Gasteiger partial charge in [-0.05, 0) is 23.8 Å². The molecule has 35 heavy (non-hydrogen) atoms. The van der Waals surface area contributed by atoms with Crippen molar-refractivity contribution in [2.45, 2.75) is 22.8 Å². The predicted molar refractivity (Wildman–Crippen MR) is 124 cm³/mol. The summed E-state index contributed by atoms with van der Waals surface area (Å²) in [6.45, 7) is 0.428. The van der Waals surface area contributed by atoms with E-state index in [1.807, 2.05) is 29.3 Å². The van der Waals surface area contributed by atoms with E-state index in [2.05, 4.69) is 0 Å². The van der Waals surface area contributed by atoms with E-state index < -0.39 is 35.4 Å². The topological polar surface area (TPSA) is 76.5 Å². The minimum atomic E-state index is -1.33. The minimum Gasteiger partial charge on any atom is -0.507 e. The van der Waals surface area contributed by atoms with Gasteiger partial charge in [0.25, 0.3) is 5.91 Å². The average Bonchev–Trinajstić information content (AvgIpc) is 3.03. The van der Waals surface area contributed by atoms with Crippen molar-refractivity contribution in [3.63, 3.8) is 0 Å². The van der Waals surface area contributed by atoms with E-state index in [4.69, 9.17) is 4.74 Å². The molecule has 6 rings (SSSR count). The Labute approximate surface area is 204 Å². The molecule has 180 valence electrons. The summed E-state index contributed by atoms with van der Waals surface area (Å²) in [5.74, 6) is -2.43. The zero-order chi connectivity index (χ0) is 24.3. The van der Waals surface area contributed by atoms with Gasteiger partial charge in [0, 0.05) is 40.6 Å². The molecule has 0 aromatic heterocycles. The third-order valence-corrected chi connectivity index (χ3v) is 7.67. The third-order valence-electron chi connectivity index (χ3n) is 6.55. The molecule has 4 heterocycles. The quantitative estimate of drug-likeness (QED) is 0.539. The molecule has 2 N–H and O–H groups in total. The summed E-state index contributed by atoms with van der Waals surface area (Å²) in [4.78, 5) is 15.7. The van der Waals surface area contributed by atoms with Crippen molar-refractivity contribution in [3.8, 4) is 5.75 Å². The summed E-state index contributed by atoms with van der Waals surface area (Å²) in [6.07, 6.45) is 5.02. The lowest BCUT2D eigenvalue weighted by atomic mass is 9.92. The lowest BCUT2D eigenvalue weighted by Crippen LogP contribution is -2.58. The zero-order valence-corrected chi connectivity index (χ0v) is 19.2. The first-order chi connectivity index (χ1) is 17.0. The van der Waals surface area contributed by atoms with Gasteiger partial charge in [0.2, 0.25) is 0 Å². The number of aliphatic hydroxyl groups excluding tert-OH is 2. The maximum Gasteiger partial charge on any atom is 0.276 e. The van der Waals surface area contributed by atoms with Crippen LogP contribution >= 0.6 is 11.8 Å². The fourth-order valence-electron chi connectivity index (χ4n) is 4.90. The standard InChI is InChI=1S/C25H21F2N3O4S/c26-16-11-18-20-15(21(16)27)12-35-19-6-2-1-5-14(19)22(20)30-13-28(8-3-4-10-34-18)25(33)23-24(32)17(31)7-9-29(23)30/h1-7,9,11,17,22,31-32H,8,10,12-13H2/b4-3-/t17?,22-/m1/s1. The molecule has 4 aliphatic rings. The van der Waals surface area contributed by atoms with Crippen LogP contribution in [0.15, 0.2) is 71.1 Å². The van der Waals surface area contributed by atoms with Crippen LogP contribution in [-0.4, -0.2) is 57.0 Å². The number of carbonyl (C=O) groups is 1. The minimum absolute atomic E-state index is 0.0834. The molecular weight excluding hydrogens is 476 g/mol. The van der Waals surface area contributed by atoms with E-state index in [0.717, 1.165) is 16.5 Å². The number of amides is 1. The van der Waals surface area contributed by atoms with Gasteiger partial charge >= 0.3 is 0 Å². The number of carbonyl (C=O) groups excluding carboxylic acids is 1. The zero-order valence-electron chi connectivity index (χ0n) is 18.4. The number of benzene rings is 2. The number of rotatable bonds is 0. The van der Waals surface area contributed by atoms with E-state index in [1.54, 1.807) is 12.2 Å². The Morgan fingerprint density at radius 3 is 2.86 bits per heavy atom. The lowest BCUT2D eigenvalue weighted by Gasteiger charge is -2.48. The number of hydrazine groups is 1. The Morgan fingerprint density at radius 2 is 2.00 bits per heavy atom. The lowest BCUT2D eigenvalue weighted by molar-refractivity contribution is -0.148. The first kappa shape index (κ1) is 22.1. The van der Waals surface area contributed by atoms with E-state index in [-0.39, 0.29) is 42.6 Å². The molecule has 1 fully saturated rings. The Balaban J connectivity index is 1.66. The molecule has 10 heteroatoms. The normalized spacial score (nSPS) is 26.1. The highest BCUT2D eigenvalue weighted by Crippen LogP contribution is 2.49. The van der Waals surface area contributed by atoms with Crippen molar-refractivity contribution in [3.05, 3.63) is 94.5 Å². The molecule has 3 atom stereocenters. The van der Waals surface area contributed by atoms with E-state index in [0.29, 0.717) is 5.56 Å². The van der Waals surface area contributed by atoms with Crippen molar-refractivity contribution >= 4 is 17.7 Å². The highest BCUT2D eigenvalue weighted by Gasteiger charge is 2.45. The number of ether oxygens (including phenoxy) is 1. The van der Waals surface area contributed by atoms with Gasteiger partial charge in [-0.15, -0.1) is 11.8 Å². The number of fused-ring (bicyclic) bond motifs is 7. The number of halogens is 2. The Bertz CT molecular complexity index is 1330. The molecule has 0 saturated carbocycles. The Kier molecular flexibility index (Phi) is 5.32. The molecule has 1 saturated heterocycles. The van der Waals surface area contributed by atoms with Crippen molar-refractivity contribution in [2.75, 3.05) is 19.8 Å². The van der Waals surface area contributed by atoms with Crippen LogP contribution < -0.4 is 4.74 Å². The fraction of sp³-hybridized carbons (Fsp3) is 0.240. The van der Waals surface area contributed by atoms with Crippen LogP contribution in [0.1, 0.15) is 22.7 Å². The van der Waals surface area contributed by atoms with Crippen LogP contribution in [0, 0.1) is 11.6 Å². The number of thioether (sulfide) groups is 1. The van der Waals surface area contributed by atoms with Gasteiger partial charge < -0.3 is 19.8 Å². The maximum atomic E-state index is 15.3. The molecule has 0 spiro atoms. The largest absolute Gasteiger partial charge is 0.507 e. The van der Waals surface area contributed by atoms with Gasteiger partial charge in [-0.1, -0.05) is 24.3 Å². The monoisotopic (exact) mass is 497 g/mol. The molecular formula is C25H21F2N3O4S. The highest BCUT2D eigenvalue weighted by atomic mass is 32.2. The fourth-order valence-corrected chi connectivity index (χ4v) is 6.00. The second kappa shape index (κ2) is 8.40. The molecule has 2 unspecified atom stereocenters. The maximum absolute atomic E-state index is 15.3. The first-order valence-electron chi connectivity index (χ1n) is 11.1. The summed E-state index contributed by atoms with van der Waals surface area (Å²) in [5, 5.41) is 24.2. The van der Waals surface area contributed by atoms with Gasteiger partial charge in [0.05, 0.1) is 12.7 Å². The van der Waals surface area contributed by atoms with Crippen molar-refractivity contribution < 1.29 is 28.5 Å². The molecule has 0 radical (unpaired) electrons. The van der Waals surface area contributed by atoms with Gasteiger partial charge in [0.15, 0.2) is 23.1 Å². The first-order valence-corrected chi connectivity index (χ1v) is 12.1. The predicted octanol–water partition coefficient (Wildman–Crippen LogP) is 3.59. The van der Waals surface area contributed by atoms with Crippen LogP contribution in [0.25, 0.3) is 0 Å². The number of hydrogen-bond donors (Lipinski definition) is 2. The van der Waals surface area contributed by atoms with Crippen molar-refractivity contribution in [1.82, 2.24) is 14.9 Å². The van der Waals surface area contributed by atoms with Crippen LogP contribution in [0.2, 0.25) is 0 Å². The molecule has 2 bridgehead atoms. The van der Waals surface area contributed by atoms with Gasteiger partial charge in [-0.2, -0.15) is 5.01 Å². The summed E-state index contributed by atoms with van der Waals surface area (Å²) in [7, 11) is 0. The van der Waals surface area contributed by atoms with Gasteiger partial charge in [-0.25, -0.2) is 8.78 Å². The van der Waals surface area contributed by atoms with Crippen LogP contribution in [0.4, 0.5) is 8.78 Å². The molecule has 0 aliphatic carbocycles. The van der Waals surface area contributed by atoms with E-state index in [9.17, 15) is 19.4 Å². The van der Waals surface area contributed by atoms with Crippen LogP contribution in [-0.2, 0) is 10.5 Å². The van der Waals surface area contributed by atoms with Crippen molar-refractivity contribution in [2.24, 2.45) is 0 Å². The SMILES string of the molecule is O=C1C2=C(O)C(O)C=CN2N2CN1C/C=C\COc1cc(F)c(F)c3c1[C@H]2c1ccccc1SC3. The summed E-state index contributed by atoms with van der Waals surface area (Å²) in [6, 6.07) is 7.97. The smallest absolute Gasteiger partial charge is 0.276 e. The Hall–Kier alpha value is -3.34. The van der Waals surface area contributed by atoms with Crippen LogP contribution in [0.5, 0.6) is 5.75 Å².